The van der Waals surface area contributed by atoms with Crippen molar-refractivity contribution in [2.75, 3.05) is 33.4 Å². The summed E-state index contributed by atoms with van der Waals surface area (Å²) in [4.78, 5) is 2.50. The molecule has 0 bridgehead atoms. The number of piperidine rings is 1. The van der Waals surface area contributed by atoms with Gasteiger partial charge in [0.1, 0.15) is 5.82 Å². The Kier molecular flexibility index (Phi) is 4.93. The lowest BCUT2D eigenvalue weighted by Crippen LogP contribution is -2.43. The molecule has 122 valence electrons. The summed E-state index contributed by atoms with van der Waals surface area (Å²) in [5, 5.41) is 0. The summed E-state index contributed by atoms with van der Waals surface area (Å²) in [6.07, 6.45) is 4.00. The zero-order valence-electron chi connectivity index (χ0n) is 13.0. The van der Waals surface area contributed by atoms with Crippen LogP contribution in [0.5, 0.6) is 5.75 Å². The van der Waals surface area contributed by atoms with E-state index < -0.39 is 11.6 Å². The Hall–Kier alpha value is -1.20. The molecule has 3 rings (SSSR count). The molecular formula is C17H23F2NO2. The highest BCUT2D eigenvalue weighted by Gasteiger charge is 2.29. The molecule has 1 aromatic carbocycles. The number of methoxy groups -OCH3 is 1. The predicted octanol–water partition coefficient (Wildman–Crippen LogP) is 3.33. The fraction of sp³-hybridized carbons (Fsp3) is 0.647. The summed E-state index contributed by atoms with van der Waals surface area (Å²) >= 11 is 0. The molecule has 0 aromatic heterocycles. The van der Waals surface area contributed by atoms with Crippen LogP contribution in [0.4, 0.5) is 8.78 Å². The first-order chi connectivity index (χ1) is 10.7. The van der Waals surface area contributed by atoms with Gasteiger partial charge in [0.15, 0.2) is 11.6 Å². The summed E-state index contributed by atoms with van der Waals surface area (Å²) in [6.45, 7) is 3.62. The number of hydrogen-bond acceptors (Lipinski definition) is 3. The Balaban J connectivity index is 1.68. The molecule has 2 saturated heterocycles. The summed E-state index contributed by atoms with van der Waals surface area (Å²) in [5.74, 6) is -0.772. The fourth-order valence-electron chi connectivity index (χ4n) is 3.72. The average molecular weight is 311 g/mol. The van der Waals surface area contributed by atoms with Gasteiger partial charge in [-0.3, -0.25) is 0 Å². The zero-order valence-corrected chi connectivity index (χ0v) is 13.0. The molecule has 22 heavy (non-hydrogen) atoms. The second kappa shape index (κ2) is 6.92. The van der Waals surface area contributed by atoms with Crippen LogP contribution in [0.25, 0.3) is 0 Å². The second-order valence-electron chi connectivity index (χ2n) is 6.16. The summed E-state index contributed by atoms with van der Waals surface area (Å²) < 4.78 is 38.0. The van der Waals surface area contributed by atoms with E-state index >= 15 is 0 Å². The van der Waals surface area contributed by atoms with Crippen LogP contribution in [0.3, 0.4) is 0 Å². The van der Waals surface area contributed by atoms with Crippen molar-refractivity contribution in [1.29, 1.82) is 0 Å². The van der Waals surface area contributed by atoms with Crippen molar-refractivity contribution in [3.05, 3.63) is 29.3 Å². The smallest absolute Gasteiger partial charge is 0.168 e. The van der Waals surface area contributed by atoms with Gasteiger partial charge in [-0.2, -0.15) is 0 Å². The molecule has 0 radical (unpaired) electrons. The van der Waals surface area contributed by atoms with Crippen LogP contribution in [-0.2, 0) is 4.74 Å². The van der Waals surface area contributed by atoms with E-state index in [4.69, 9.17) is 9.47 Å². The van der Waals surface area contributed by atoms with Crippen LogP contribution < -0.4 is 4.74 Å². The number of halogens is 2. The molecule has 0 amide bonds. The van der Waals surface area contributed by atoms with E-state index in [1.54, 1.807) is 0 Å². The molecule has 0 N–H and O–H groups in total. The highest BCUT2D eigenvalue weighted by atomic mass is 19.1. The van der Waals surface area contributed by atoms with Crippen molar-refractivity contribution < 1.29 is 18.3 Å². The number of hydrogen-bond donors (Lipinski definition) is 0. The van der Waals surface area contributed by atoms with E-state index in [1.807, 2.05) is 0 Å². The van der Waals surface area contributed by atoms with Gasteiger partial charge in [-0.05, 0) is 50.8 Å². The van der Waals surface area contributed by atoms with Crippen LogP contribution in [0.2, 0.25) is 0 Å². The van der Waals surface area contributed by atoms with Gasteiger partial charge in [0.2, 0.25) is 0 Å². The normalized spacial score (nSPS) is 22.0. The number of ether oxygens (including phenoxy) is 2. The fourth-order valence-corrected chi connectivity index (χ4v) is 3.72. The van der Waals surface area contributed by atoms with Gasteiger partial charge >= 0.3 is 0 Å². The highest BCUT2D eigenvalue weighted by molar-refractivity contribution is 5.38. The maximum absolute atomic E-state index is 13.8. The Morgan fingerprint density at radius 2 is 1.77 bits per heavy atom. The van der Waals surface area contributed by atoms with Crippen LogP contribution in [-0.4, -0.2) is 44.4 Å². The minimum atomic E-state index is -0.607. The first kappa shape index (κ1) is 15.7. The molecule has 0 unspecified atom stereocenters. The molecule has 2 aliphatic heterocycles. The molecular weight excluding hydrogens is 288 g/mol. The molecule has 0 atom stereocenters. The number of rotatable bonds is 3. The van der Waals surface area contributed by atoms with Crippen molar-refractivity contribution in [1.82, 2.24) is 4.90 Å². The van der Waals surface area contributed by atoms with Crippen molar-refractivity contribution in [3.63, 3.8) is 0 Å². The minimum Gasteiger partial charge on any atom is -0.493 e. The molecule has 0 aliphatic carbocycles. The average Bonchev–Trinajstić information content (AvgIpc) is 2.55. The zero-order chi connectivity index (χ0) is 15.5. The van der Waals surface area contributed by atoms with Crippen molar-refractivity contribution in [2.24, 2.45) is 0 Å². The third kappa shape index (κ3) is 3.25. The van der Waals surface area contributed by atoms with E-state index in [2.05, 4.69) is 4.90 Å². The molecule has 0 saturated carbocycles. The van der Waals surface area contributed by atoms with Crippen molar-refractivity contribution in [3.8, 4) is 5.75 Å². The van der Waals surface area contributed by atoms with Crippen LogP contribution in [0.1, 0.15) is 37.2 Å². The quantitative estimate of drug-likeness (QED) is 0.854. The Morgan fingerprint density at radius 3 is 2.41 bits per heavy atom. The van der Waals surface area contributed by atoms with E-state index in [9.17, 15) is 8.78 Å². The minimum absolute atomic E-state index is 0.163. The topological polar surface area (TPSA) is 21.7 Å². The first-order valence-corrected chi connectivity index (χ1v) is 8.03. The molecule has 2 heterocycles. The third-order valence-electron chi connectivity index (χ3n) is 4.92. The lowest BCUT2D eigenvalue weighted by atomic mass is 9.87. The van der Waals surface area contributed by atoms with Gasteiger partial charge in [-0.25, -0.2) is 8.78 Å². The van der Waals surface area contributed by atoms with Gasteiger partial charge in [-0.1, -0.05) is 0 Å². The first-order valence-electron chi connectivity index (χ1n) is 8.03. The van der Waals surface area contributed by atoms with Gasteiger partial charge in [0.05, 0.1) is 7.11 Å². The van der Waals surface area contributed by atoms with E-state index in [0.29, 0.717) is 11.6 Å². The summed E-state index contributed by atoms with van der Waals surface area (Å²) in [5.41, 5.74) is 0.673. The van der Waals surface area contributed by atoms with Crippen molar-refractivity contribution in [2.45, 2.75) is 37.6 Å². The maximum Gasteiger partial charge on any atom is 0.168 e. The van der Waals surface area contributed by atoms with E-state index in [0.717, 1.165) is 58.1 Å². The second-order valence-corrected chi connectivity index (χ2v) is 6.16. The molecule has 5 heteroatoms. The SMILES string of the molecule is COc1c(F)cc(F)cc1C1CCN(C2CCOCC2)CC1. The predicted molar refractivity (Wildman–Crippen MR) is 80.3 cm³/mol. The van der Waals surface area contributed by atoms with E-state index in [-0.39, 0.29) is 11.7 Å². The molecule has 2 fully saturated rings. The summed E-state index contributed by atoms with van der Waals surface area (Å²) in [7, 11) is 1.44. The van der Waals surface area contributed by atoms with Crippen molar-refractivity contribution >= 4 is 0 Å². The van der Waals surface area contributed by atoms with E-state index in [1.165, 1.54) is 13.2 Å². The van der Waals surface area contributed by atoms with Crippen LogP contribution in [0, 0.1) is 11.6 Å². The lowest BCUT2D eigenvalue weighted by molar-refractivity contribution is 0.0251. The number of benzene rings is 1. The standard InChI is InChI=1S/C17H23F2NO2/c1-21-17-15(10-13(18)11-16(17)19)12-2-6-20(7-3-12)14-4-8-22-9-5-14/h10-12,14H,2-9H2,1H3. The molecule has 3 nitrogen and oxygen atoms in total. The third-order valence-corrected chi connectivity index (χ3v) is 4.92. The largest absolute Gasteiger partial charge is 0.493 e. The molecule has 0 spiro atoms. The highest BCUT2D eigenvalue weighted by Crippen LogP contribution is 2.37. The monoisotopic (exact) mass is 311 g/mol. The van der Waals surface area contributed by atoms with Crippen LogP contribution >= 0.6 is 0 Å². The Morgan fingerprint density at radius 1 is 1.09 bits per heavy atom. The lowest BCUT2D eigenvalue weighted by Gasteiger charge is -2.39. The van der Waals surface area contributed by atoms with Gasteiger partial charge < -0.3 is 14.4 Å². The van der Waals surface area contributed by atoms with Gasteiger partial charge in [0, 0.05) is 30.9 Å². The van der Waals surface area contributed by atoms with Crippen LogP contribution in [0.15, 0.2) is 12.1 Å². The molecule has 2 aliphatic rings. The van der Waals surface area contributed by atoms with Gasteiger partial charge in [-0.15, -0.1) is 0 Å². The number of likely N-dealkylation sites (tertiary alicyclic amines) is 1. The van der Waals surface area contributed by atoms with Gasteiger partial charge in [0.25, 0.3) is 0 Å². The number of nitrogens with zero attached hydrogens (tertiary/aromatic N) is 1. The Bertz CT molecular complexity index is 510. The Labute approximate surface area is 130 Å². The summed E-state index contributed by atoms with van der Waals surface area (Å²) in [6, 6.07) is 2.91. The maximum atomic E-state index is 13.8. The molecule has 1 aromatic rings.